The normalized spacial score (nSPS) is 11.4. The van der Waals surface area contributed by atoms with Gasteiger partial charge in [-0.15, -0.1) is 0 Å². The van der Waals surface area contributed by atoms with Crippen LogP contribution in [0.25, 0.3) is 11.3 Å². The molecule has 180 valence electrons. The van der Waals surface area contributed by atoms with Gasteiger partial charge in [0.1, 0.15) is 11.6 Å². The minimum Gasteiger partial charge on any atom is -0.502 e. The summed E-state index contributed by atoms with van der Waals surface area (Å²) in [4.78, 5) is 25.0. The molecule has 0 saturated heterocycles. The van der Waals surface area contributed by atoms with Crippen LogP contribution in [0.2, 0.25) is 5.02 Å². The maximum atomic E-state index is 13.9. The van der Waals surface area contributed by atoms with Crippen molar-refractivity contribution in [2.24, 2.45) is 7.05 Å². The van der Waals surface area contributed by atoms with Gasteiger partial charge in [-0.25, -0.2) is 4.39 Å². The lowest BCUT2D eigenvalue weighted by molar-refractivity contribution is -0.137. The molecule has 0 spiro atoms. The molecule has 0 unspecified atom stereocenters. The predicted molar refractivity (Wildman–Crippen MR) is 118 cm³/mol. The topological polar surface area (TPSA) is 80.6 Å². The molecule has 6 nitrogen and oxygen atoms in total. The first-order valence-corrected chi connectivity index (χ1v) is 10.3. The third-order valence-corrected chi connectivity index (χ3v) is 5.18. The van der Waals surface area contributed by atoms with Gasteiger partial charge in [0.15, 0.2) is 5.75 Å². The average molecular weight is 499 g/mol. The van der Waals surface area contributed by atoms with E-state index in [0.29, 0.717) is 29.3 Å². The van der Waals surface area contributed by atoms with Crippen LogP contribution in [0.4, 0.5) is 17.6 Å². The summed E-state index contributed by atoms with van der Waals surface area (Å²) in [6.07, 6.45) is -4.47. The van der Waals surface area contributed by atoms with E-state index in [4.69, 9.17) is 16.3 Å². The van der Waals surface area contributed by atoms with Crippen LogP contribution >= 0.6 is 11.6 Å². The van der Waals surface area contributed by atoms with E-state index in [-0.39, 0.29) is 24.4 Å². The molecule has 0 radical (unpaired) electrons. The fourth-order valence-corrected chi connectivity index (χ4v) is 3.34. The first-order chi connectivity index (χ1) is 16.0. The standard InChI is InChI=1S/C23H19ClF4N2O4/c1-30-18(13-9-14(23(26,27)28)11-15(25)10-13)12-16(20(31)22(30)33)21(32)29-7-4-8-34-19-6-3-2-5-17(19)24/h2-3,5-6,9-12,31H,4,7-8H2,1H3,(H,29,32). The zero-order valence-electron chi connectivity index (χ0n) is 17.7. The lowest BCUT2D eigenvalue weighted by Gasteiger charge is -2.15. The third kappa shape index (κ3) is 5.69. The maximum absolute atomic E-state index is 13.9. The minimum absolute atomic E-state index is 0.103. The molecule has 0 aliphatic rings. The number of carbonyl (C=O) groups excluding carboxylic acids is 1. The Morgan fingerprint density at radius 2 is 1.88 bits per heavy atom. The molecule has 3 rings (SSSR count). The number of hydrogen-bond donors (Lipinski definition) is 2. The molecule has 2 aromatic carbocycles. The van der Waals surface area contributed by atoms with Gasteiger partial charge in [0, 0.05) is 19.2 Å². The van der Waals surface area contributed by atoms with Crippen LogP contribution in [0.15, 0.2) is 53.3 Å². The summed E-state index contributed by atoms with van der Waals surface area (Å²) >= 11 is 5.98. The largest absolute Gasteiger partial charge is 0.502 e. The molecule has 0 atom stereocenters. The number of pyridine rings is 1. The molecule has 0 aliphatic heterocycles. The van der Waals surface area contributed by atoms with Crippen molar-refractivity contribution in [3.8, 4) is 22.8 Å². The summed E-state index contributed by atoms with van der Waals surface area (Å²) in [5, 5.41) is 13.1. The van der Waals surface area contributed by atoms with Crippen molar-refractivity contribution in [2.75, 3.05) is 13.2 Å². The second-order valence-electron chi connectivity index (χ2n) is 7.27. The van der Waals surface area contributed by atoms with Crippen molar-refractivity contribution in [3.63, 3.8) is 0 Å². The average Bonchev–Trinajstić information content (AvgIpc) is 2.77. The Hall–Kier alpha value is -3.53. The molecule has 34 heavy (non-hydrogen) atoms. The minimum atomic E-state index is -4.82. The van der Waals surface area contributed by atoms with E-state index in [0.717, 1.165) is 16.7 Å². The lowest BCUT2D eigenvalue weighted by Crippen LogP contribution is -2.29. The number of carbonyl (C=O) groups is 1. The summed E-state index contributed by atoms with van der Waals surface area (Å²) in [6.45, 7) is 0.312. The van der Waals surface area contributed by atoms with E-state index in [1.54, 1.807) is 24.3 Å². The summed E-state index contributed by atoms with van der Waals surface area (Å²) < 4.78 is 59.5. The first kappa shape index (κ1) is 25.1. The Morgan fingerprint density at radius 3 is 2.56 bits per heavy atom. The van der Waals surface area contributed by atoms with Crippen molar-refractivity contribution in [1.82, 2.24) is 9.88 Å². The van der Waals surface area contributed by atoms with E-state index in [2.05, 4.69) is 5.32 Å². The molecule has 11 heteroatoms. The van der Waals surface area contributed by atoms with Crippen molar-refractivity contribution in [3.05, 3.63) is 80.9 Å². The highest BCUT2D eigenvalue weighted by molar-refractivity contribution is 6.32. The predicted octanol–water partition coefficient (Wildman–Crippen LogP) is 4.77. The zero-order valence-corrected chi connectivity index (χ0v) is 18.5. The van der Waals surface area contributed by atoms with Crippen LogP contribution < -0.4 is 15.6 Å². The number of halogens is 5. The quantitative estimate of drug-likeness (QED) is 0.363. The molecule has 1 heterocycles. The molecule has 0 saturated carbocycles. The number of aromatic nitrogens is 1. The first-order valence-electron chi connectivity index (χ1n) is 9.95. The van der Waals surface area contributed by atoms with Gasteiger partial charge in [-0.3, -0.25) is 9.59 Å². The van der Waals surface area contributed by atoms with Crippen LogP contribution in [0.5, 0.6) is 11.5 Å². The number of nitrogens with zero attached hydrogens (tertiary/aromatic N) is 1. The Bertz CT molecular complexity index is 1270. The van der Waals surface area contributed by atoms with Gasteiger partial charge in [0.25, 0.3) is 11.5 Å². The van der Waals surface area contributed by atoms with E-state index >= 15 is 0 Å². The van der Waals surface area contributed by atoms with E-state index in [1.165, 1.54) is 7.05 Å². The molecule has 0 fully saturated rings. The maximum Gasteiger partial charge on any atom is 0.416 e. The second kappa shape index (κ2) is 10.2. The number of nitrogens with one attached hydrogen (secondary N) is 1. The summed E-state index contributed by atoms with van der Waals surface area (Å²) in [5.74, 6) is -2.42. The Balaban J connectivity index is 1.78. The van der Waals surface area contributed by atoms with E-state index in [9.17, 15) is 32.3 Å². The van der Waals surface area contributed by atoms with Gasteiger partial charge >= 0.3 is 6.18 Å². The highest BCUT2D eigenvalue weighted by Gasteiger charge is 2.32. The van der Waals surface area contributed by atoms with Crippen molar-refractivity contribution in [2.45, 2.75) is 12.6 Å². The highest BCUT2D eigenvalue weighted by atomic mass is 35.5. The number of benzene rings is 2. The summed E-state index contributed by atoms with van der Waals surface area (Å²) in [6, 6.07) is 9.63. The molecule has 1 amide bonds. The van der Waals surface area contributed by atoms with Gasteiger partial charge < -0.3 is 19.7 Å². The number of rotatable bonds is 7. The van der Waals surface area contributed by atoms with E-state index in [1.807, 2.05) is 0 Å². The van der Waals surface area contributed by atoms with Crippen LogP contribution in [0.1, 0.15) is 22.3 Å². The van der Waals surface area contributed by atoms with Crippen molar-refractivity contribution < 1.29 is 32.2 Å². The number of para-hydroxylation sites is 1. The number of alkyl halides is 3. The molecule has 2 N–H and O–H groups in total. The van der Waals surface area contributed by atoms with E-state index < -0.39 is 40.3 Å². The second-order valence-corrected chi connectivity index (χ2v) is 7.68. The summed E-state index contributed by atoms with van der Waals surface area (Å²) in [5.41, 5.74) is -3.20. The Kier molecular flexibility index (Phi) is 7.51. The highest BCUT2D eigenvalue weighted by Crippen LogP contribution is 2.33. The number of hydrogen-bond acceptors (Lipinski definition) is 4. The SMILES string of the molecule is Cn1c(-c2cc(F)cc(C(F)(F)F)c2)cc(C(=O)NCCCOc2ccccc2Cl)c(O)c1=O. The molecule has 0 bridgehead atoms. The lowest BCUT2D eigenvalue weighted by atomic mass is 10.0. The van der Waals surface area contributed by atoms with Gasteiger partial charge in [0.05, 0.1) is 28.5 Å². The van der Waals surface area contributed by atoms with Crippen LogP contribution in [0.3, 0.4) is 0 Å². The molecule has 1 aromatic heterocycles. The van der Waals surface area contributed by atoms with Crippen molar-refractivity contribution in [1.29, 1.82) is 0 Å². The molecule has 3 aromatic rings. The van der Waals surface area contributed by atoms with Gasteiger partial charge in [-0.2, -0.15) is 13.2 Å². The molecule has 0 aliphatic carbocycles. The monoisotopic (exact) mass is 498 g/mol. The van der Waals surface area contributed by atoms with Crippen LogP contribution in [0, 0.1) is 5.82 Å². The number of ether oxygens (including phenoxy) is 1. The Morgan fingerprint density at radius 1 is 1.18 bits per heavy atom. The Labute approximate surface area is 196 Å². The number of amides is 1. The smallest absolute Gasteiger partial charge is 0.416 e. The zero-order chi connectivity index (χ0) is 25.0. The number of aromatic hydroxyl groups is 1. The van der Waals surface area contributed by atoms with Gasteiger partial charge in [0.2, 0.25) is 0 Å². The van der Waals surface area contributed by atoms with Crippen LogP contribution in [-0.4, -0.2) is 28.7 Å². The fraction of sp³-hybridized carbons (Fsp3) is 0.217. The third-order valence-electron chi connectivity index (χ3n) is 4.87. The fourth-order valence-electron chi connectivity index (χ4n) is 3.15. The molecular weight excluding hydrogens is 480 g/mol. The van der Waals surface area contributed by atoms with Gasteiger partial charge in [-0.05, 0) is 42.8 Å². The molecular formula is C23H19ClF4N2O4. The van der Waals surface area contributed by atoms with Crippen LogP contribution in [-0.2, 0) is 13.2 Å². The van der Waals surface area contributed by atoms with Crippen molar-refractivity contribution >= 4 is 17.5 Å². The summed E-state index contributed by atoms with van der Waals surface area (Å²) in [7, 11) is 1.18. The van der Waals surface area contributed by atoms with Gasteiger partial charge in [-0.1, -0.05) is 23.7 Å².